The fraction of sp³-hybridized carbons (Fsp3) is 0.357. The molecule has 1 atom stereocenters. The number of carbonyl (C=O) groups excluding carboxylic acids is 2. The highest BCUT2D eigenvalue weighted by molar-refractivity contribution is 6.16. The summed E-state index contributed by atoms with van der Waals surface area (Å²) in [5.74, 6) is -1.05. The highest BCUT2D eigenvalue weighted by atomic mass is 16.5. The van der Waals surface area contributed by atoms with Crippen LogP contribution in [0.15, 0.2) is 64.3 Å². The number of fused-ring (bicyclic) bond motifs is 1. The van der Waals surface area contributed by atoms with E-state index >= 15 is 0 Å². The zero-order chi connectivity index (χ0) is 25.9. The summed E-state index contributed by atoms with van der Waals surface area (Å²) < 4.78 is 22.0. The van der Waals surface area contributed by atoms with Crippen molar-refractivity contribution in [2.75, 3.05) is 53.6 Å². The molecular formula is C28H30N2O7. The first-order chi connectivity index (χ1) is 18.0. The highest BCUT2D eigenvalue weighted by Crippen LogP contribution is 2.40. The van der Waals surface area contributed by atoms with Crippen LogP contribution in [0.3, 0.4) is 0 Å². The lowest BCUT2D eigenvalue weighted by Gasteiger charge is -2.29. The number of amides is 1. The quantitative estimate of drug-likeness (QED) is 0.434. The van der Waals surface area contributed by atoms with Gasteiger partial charge in [0.1, 0.15) is 18.8 Å². The summed E-state index contributed by atoms with van der Waals surface area (Å²) >= 11 is 0. The number of ether oxygens (including phenoxy) is 3. The molecule has 0 bridgehead atoms. The molecule has 1 N–H and O–H groups in total. The van der Waals surface area contributed by atoms with Crippen LogP contribution in [0.25, 0.3) is 11.0 Å². The minimum absolute atomic E-state index is 0.0110. The van der Waals surface area contributed by atoms with Gasteiger partial charge in [-0.15, -0.1) is 0 Å². The van der Waals surface area contributed by atoms with E-state index in [1.165, 1.54) is 16.9 Å². The molecule has 2 aromatic carbocycles. The number of ketones is 1. The van der Waals surface area contributed by atoms with Crippen molar-refractivity contribution in [3.63, 3.8) is 0 Å². The van der Waals surface area contributed by atoms with Gasteiger partial charge in [-0.2, -0.15) is 0 Å². The Morgan fingerprint density at radius 3 is 2.65 bits per heavy atom. The van der Waals surface area contributed by atoms with Crippen molar-refractivity contribution in [2.45, 2.75) is 12.5 Å². The average molecular weight is 507 g/mol. The second-order valence-electron chi connectivity index (χ2n) is 9.20. The monoisotopic (exact) mass is 506 g/mol. The summed E-state index contributed by atoms with van der Waals surface area (Å²) in [6.07, 6.45) is 0.693. The predicted molar refractivity (Wildman–Crippen MR) is 133 cm³/mol. The molecule has 194 valence electrons. The third-order valence-electron chi connectivity index (χ3n) is 7.02. The summed E-state index contributed by atoms with van der Waals surface area (Å²) in [5.41, 5.74) is 0.929. The van der Waals surface area contributed by atoms with Gasteiger partial charge >= 0.3 is 0 Å². The van der Waals surface area contributed by atoms with Crippen LogP contribution < -0.4 is 19.5 Å². The minimum Gasteiger partial charge on any atom is -0.868 e. The number of hydrogen-bond acceptors (Lipinski definition) is 7. The van der Waals surface area contributed by atoms with Crippen LogP contribution in [-0.2, 0) is 9.53 Å². The Kier molecular flexibility index (Phi) is 7.16. The lowest BCUT2D eigenvalue weighted by atomic mass is 9.94. The summed E-state index contributed by atoms with van der Waals surface area (Å²) in [6.45, 7) is 4.46. The van der Waals surface area contributed by atoms with Gasteiger partial charge in [-0.1, -0.05) is 24.3 Å². The van der Waals surface area contributed by atoms with E-state index in [-0.39, 0.29) is 11.3 Å². The second-order valence-corrected chi connectivity index (χ2v) is 9.20. The molecular weight excluding hydrogens is 476 g/mol. The van der Waals surface area contributed by atoms with Crippen molar-refractivity contribution < 1.29 is 38.2 Å². The summed E-state index contributed by atoms with van der Waals surface area (Å²) in [4.78, 5) is 29.9. The molecule has 0 aliphatic carbocycles. The number of Topliss-reactive ketones (excluding diaryl/α,β-unsaturated/α-hetero) is 1. The maximum atomic E-state index is 13.8. The molecule has 2 aliphatic rings. The number of furan rings is 1. The Bertz CT molecular complexity index is 1340. The Balaban J connectivity index is 1.48. The third kappa shape index (κ3) is 4.80. The summed E-state index contributed by atoms with van der Waals surface area (Å²) in [5, 5.41) is 14.0. The average Bonchev–Trinajstić information content (AvgIpc) is 3.48. The van der Waals surface area contributed by atoms with Gasteiger partial charge in [0.2, 0.25) is 11.7 Å². The van der Waals surface area contributed by atoms with Crippen LogP contribution >= 0.6 is 0 Å². The van der Waals surface area contributed by atoms with E-state index in [4.69, 9.17) is 18.6 Å². The minimum atomic E-state index is -0.836. The molecule has 5 rings (SSSR count). The maximum Gasteiger partial charge on any atom is 0.239 e. The zero-order valence-corrected chi connectivity index (χ0v) is 21.0. The molecule has 1 saturated heterocycles. The molecule has 1 fully saturated rings. The molecule has 0 radical (unpaired) electrons. The van der Waals surface area contributed by atoms with E-state index in [0.717, 1.165) is 32.8 Å². The molecule has 37 heavy (non-hydrogen) atoms. The molecule has 9 heteroatoms. The predicted octanol–water partition coefficient (Wildman–Crippen LogP) is 1.14. The molecule has 3 heterocycles. The van der Waals surface area contributed by atoms with Gasteiger partial charge in [-0.3, -0.25) is 9.59 Å². The van der Waals surface area contributed by atoms with Crippen molar-refractivity contribution in [1.29, 1.82) is 0 Å². The van der Waals surface area contributed by atoms with Crippen molar-refractivity contribution >= 4 is 22.7 Å². The largest absolute Gasteiger partial charge is 0.868 e. The first-order valence-corrected chi connectivity index (χ1v) is 12.4. The SMILES string of the molecule is COc1cccc(C2C(C(=O)c3cc4cccc(OC)c4o3)=C([O-])C(=O)N2CCC[NH+]2CCOCC2)c1. The van der Waals surface area contributed by atoms with Gasteiger partial charge in [0, 0.05) is 23.9 Å². The number of morpholine rings is 1. The number of carbonyl (C=O) groups is 2. The highest BCUT2D eigenvalue weighted by Gasteiger charge is 2.40. The van der Waals surface area contributed by atoms with Crippen molar-refractivity contribution in [1.82, 2.24) is 4.90 Å². The van der Waals surface area contributed by atoms with Crippen molar-refractivity contribution in [3.05, 3.63) is 71.2 Å². The number of benzene rings is 2. The molecule has 0 saturated carbocycles. The summed E-state index contributed by atoms with van der Waals surface area (Å²) in [7, 11) is 3.06. The zero-order valence-electron chi connectivity index (χ0n) is 21.0. The normalized spacial score (nSPS) is 18.6. The Labute approximate surface area is 214 Å². The smallest absolute Gasteiger partial charge is 0.239 e. The van der Waals surface area contributed by atoms with Gasteiger partial charge in [-0.25, -0.2) is 0 Å². The van der Waals surface area contributed by atoms with Crippen molar-refractivity contribution in [3.8, 4) is 11.5 Å². The number of para-hydroxylation sites is 1. The van der Waals surface area contributed by atoms with E-state index in [0.29, 0.717) is 41.0 Å². The van der Waals surface area contributed by atoms with Crippen molar-refractivity contribution in [2.24, 2.45) is 0 Å². The molecule has 3 aromatic rings. The number of hydrogen-bond donors (Lipinski definition) is 1. The van der Waals surface area contributed by atoms with Crippen LogP contribution in [0.4, 0.5) is 0 Å². The van der Waals surface area contributed by atoms with Crippen LogP contribution in [0.2, 0.25) is 0 Å². The van der Waals surface area contributed by atoms with E-state index < -0.39 is 23.5 Å². The Morgan fingerprint density at radius 1 is 1.11 bits per heavy atom. The number of nitrogens with zero attached hydrogens (tertiary/aromatic N) is 1. The van der Waals surface area contributed by atoms with Gasteiger partial charge in [0.15, 0.2) is 17.1 Å². The Hall–Kier alpha value is -3.82. The molecule has 1 amide bonds. The number of rotatable bonds is 9. The van der Waals surface area contributed by atoms with Crippen LogP contribution in [0.1, 0.15) is 28.6 Å². The lowest BCUT2D eigenvalue weighted by Crippen LogP contribution is -3.14. The number of methoxy groups -OCH3 is 2. The molecule has 9 nitrogen and oxygen atoms in total. The maximum absolute atomic E-state index is 13.8. The third-order valence-corrected chi connectivity index (χ3v) is 7.02. The first-order valence-electron chi connectivity index (χ1n) is 12.4. The Morgan fingerprint density at radius 2 is 1.89 bits per heavy atom. The van der Waals surface area contributed by atoms with Gasteiger partial charge in [-0.05, 0) is 35.6 Å². The summed E-state index contributed by atoms with van der Waals surface area (Å²) in [6, 6.07) is 13.2. The van der Waals surface area contributed by atoms with E-state index in [1.807, 2.05) is 0 Å². The second kappa shape index (κ2) is 10.7. The molecule has 1 unspecified atom stereocenters. The number of quaternary nitrogens is 1. The van der Waals surface area contributed by atoms with Gasteiger partial charge in [0.25, 0.3) is 0 Å². The van der Waals surface area contributed by atoms with E-state index in [2.05, 4.69) is 0 Å². The van der Waals surface area contributed by atoms with E-state index in [9.17, 15) is 14.7 Å². The van der Waals surface area contributed by atoms with Gasteiger partial charge < -0.3 is 33.5 Å². The molecule has 1 aromatic heterocycles. The topological polar surface area (TPSA) is 106 Å². The van der Waals surface area contributed by atoms with Gasteiger partial charge in [0.05, 0.1) is 40.0 Å². The fourth-order valence-electron chi connectivity index (χ4n) is 5.11. The lowest BCUT2D eigenvalue weighted by molar-refractivity contribution is -0.908. The van der Waals surface area contributed by atoms with Crippen LogP contribution in [0, 0.1) is 0 Å². The standard InChI is InChI=1S/C28H30N2O7/c1-34-20-8-3-6-18(16-20)24-23(25(31)22-17-19-7-4-9-21(35-2)27(19)37-22)26(32)28(33)30(24)11-5-10-29-12-14-36-15-13-29/h3-4,6-9,16-17,24,32H,5,10-15H2,1-2H3. The van der Waals surface area contributed by atoms with Crippen LogP contribution in [-0.4, -0.2) is 70.2 Å². The number of nitrogens with one attached hydrogen (secondary N) is 1. The van der Waals surface area contributed by atoms with E-state index in [1.54, 1.807) is 55.6 Å². The van der Waals surface area contributed by atoms with Crippen LogP contribution in [0.5, 0.6) is 11.5 Å². The fourth-order valence-corrected chi connectivity index (χ4v) is 5.11. The molecule has 2 aliphatic heterocycles. The first kappa shape index (κ1) is 24.9. The molecule has 0 spiro atoms.